The SMILES string of the molecule is CCN(CC)S(=O)(=O)c1cc(C(=O)NCC(c2ccc(C)o2)N2CCOCC2)ccc1F. The molecule has 1 aliphatic rings. The number of benzene rings is 1. The van der Waals surface area contributed by atoms with E-state index >= 15 is 0 Å². The Morgan fingerprint density at radius 3 is 2.47 bits per heavy atom. The Morgan fingerprint density at radius 2 is 1.88 bits per heavy atom. The van der Waals surface area contributed by atoms with E-state index in [2.05, 4.69) is 10.2 Å². The number of carbonyl (C=O) groups excluding carboxylic acids is 1. The summed E-state index contributed by atoms with van der Waals surface area (Å²) in [7, 11) is -4.04. The van der Waals surface area contributed by atoms with Crippen LogP contribution in [0.15, 0.2) is 39.6 Å². The summed E-state index contributed by atoms with van der Waals surface area (Å²) in [6.07, 6.45) is 0. The molecule has 0 bridgehead atoms. The van der Waals surface area contributed by atoms with Crippen molar-refractivity contribution in [2.75, 3.05) is 45.9 Å². The van der Waals surface area contributed by atoms with Crippen molar-refractivity contribution in [3.63, 3.8) is 0 Å². The third-order valence-electron chi connectivity index (χ3n) is 5.55. The van der Waals surface area contributed by atoms with Crippen molar-refractivity contribution in [3.8, 4) is 0 Å². The second-order valence-corrected chi connectivity index (χ2v) is 9.46. The maximum absolute atomic E-state index is 14.4. The van der Waals surface area contributed by atoms with Gasteiger partial charge in [-0.05, 0) is 37.3 Å². The number of ether oxygens (including phenoxy) is 1. The highest BCUT2D eigenvalue weighted by Gasteiger charge is 2.28. The molecule has 0 radical (unpaired) electrons. The standard InChI is InChI=1S/C22H30FN3O5S/c1-4-26(5-2)32(28,29)21-14-17(7-8-18(21)23)22(27)24-15-19(20-9-6-16(3)31-20)25-10-12-30-13-11-25/h6-9,14,19H,4-5,10-13,15H2,1-3H3,(H,24,27). The van der Waals surface area contributed by atoms with Gasteiger partial charge in [-0.1, -0.05) is 13.8 Å². The minimum atomic E-state index is -4.04. The molecule has 1 aliphatic heterocycles. The van der Waals surface area contributed by atoms with Crippen LogP contribution in [0.4, 0.5) is 4.39 Å². The molecule has 3 rings (SSSR count). The van der Waals surface area contributed by atoms with E-state index < -0.39 is 26.6 Å². The molecule has 1 amide bonds. The molecule has 32 heavy (non-hydrogen) atoms. The number of sulfonamides is 1. The first-order chi connectivity index (χ1) is 15.3. The van der Waals surface area contributed by atoms with Gasteiger partial charge in [-0.3, -0.25) is 9.69 Å². The number of nitrogens with zero attached hydrogens (tertiary/aromatic N) is 2. The van der Waals surface area contributed by atoms with Gasteiger partial charge < -0.3 is 14.5 Å². The monoisotopic (exact) mass is 467 g/mol. The van der Waals surface area contributed by atoms with Crippen LogP contribution in [-0.2, 0) is 14.8 Å². The number of hydrogen-bond acceptors (Lipinski definition) is 6. The number of carbonyl (C=O) groups is 1. The fourth-order valence-corrected chi connectivity index (χ4v) is 5.32. The van der Waals surface area contributed by atoms with E-state index in [1.54, 1.807) is 13.8 Å². The van der Waals surface area contributed by atoms with Crippen LogP contribution >= 0.6 is 0 Å². The summed E-state index contributed by atoms with van der Waals surface area (Å²) in [5.74, 6) is 0.135. The Hall–Kier alpha value is -2.27. The lowest BCUT2D eigenvalue weighted by Gasteiger charge is -2.33. The molecule has 1 N–H and O–H groups in total. The number of amides is 1. The molecular formula is C22H30FN3O5S. The molecule has 0 spiro atoms. The van der Waals surface area contributed by atoms with Crippen LogP contribution < -0.4 is 5.32 Å². The van der Waals surface area contributed by atoms with Crippen LogP contribution in [0, 0.1) is 12.7 Å². The van der Waals surface area contributed by atoms with Crippen LogP contribution in [0.2, 0.25) is 0 Å². The molecule has 1 atom stereocenters. The minimum Gasteiger partial charge on any atom is -0.465 e. The van der Waals surface area contributed by atoms with E-state index in [1.165, 1.54) is 6.07 Å². The molecule has 8 nitrogen and oxygen atoms in total. The number of nitrogens with one attached hydrogen (secondary N) is 1. The Kier molecular flexibility index (Phi) is 8.05. The average molecular weight is 468 g/mol. The molecule has 0 saturated carbocycles. The highest BCUT2D eigenvalue weighted by Crippen LogP contribution is 2.24. The fraction of sp³-hybridized carbons (Fsp3) is 0.500. The molecule has 2 aromatic rings. The topological polar surface area (TPSA) is 92.1 Å². The van der Waals surface area contributed by atoms with Gasteiger partial charge in [0, 0.05) is 38.3 Å². The maximum atomic E-state index is 14.4. The lowest BCUT2D eigenvalue weighted by Crippen LogP contribution is -2.43. The molecule has 10 heteroatoms. The predicted octanol–water partition coefficient (Wildman–Crippen LogP) is 2.56. The van der Waals surface area contributed by atoms with Gasteiger partial charge in [0.2, 0.25) is 10.0 Å². The molecule has 176 valence electrons. The number of morpholine rings is 1. The van der Waals surface area contributed by atoms with Gasteiger partial charge >= 0.3 is 0 Å². The number of aryl methyl sites for hydroxylation is 1. The van der Waals surface area contributed by atoms with Gasteiger partial charge in [0.25, 0.3) is 5.91 Å². The summed E-state index contributed by atoms with van der Waals surface area (Å²) < 4.78 is 52.3. The van der Waals surface area contributed by atoms with Crippen molar-refractivity contribution in [1.29, 1.82) is 0 Å². The summed E-state index contributed by atoms with van der Waals surface area (Å²) >= 11 is 0. The molecule has 1 aromatic heterocycles. The lowest BCUT2D eigenvalue weighted by atomic mass is 10.1. The normalized spacial score (nSPS) is 16.3. The zero-order chi connectivity index (χ0) is 23.3. The maximum Gasteiger partial charge on any atom is 0.251 e. The second kappa shape index (κ2) is 10.6. The molecule has 1 unspecified atom stereocenters. The largest absolute Gasteiger partial charge is 0.465 e. The summed E-state index contributed by atoms with van der Waals surface area (Å²) in [6, 6.07) is 6.95. The first-order valence-corrected chi connectivity index (χ1v) is 12.2. The summed E-state index contributed by atoms with van der Waals surface area (Å²) in [6.45, 7) is 8.46. The van der Waals surface area contributed by atoms with Gasteiger partial charge in [0.15, 0.2) is 0 Å². The van der Waals surface area contributed by atoms with E-state index in [1.807, 2.05) is 19.1 Å². The van der Waals surface area contributed by atoms with Gasteiger partial charge in [0.1, 0.15) is 22.2 Å². The third kappa shape index (κ3) is 5.37. The van der Waals surface area contributed by atoms with Crippen molar-refractivity contribution >= 4 is 15.9 Å². The van der Waals surface area contributed by atoms with Crippen molar-refractivity contribution in [2.45, 2.75) is 31.7 Å². The second-order valence-electron chi connectivity index (χ2n) is 7.56. The van der Waals surface area contributed by atoms with E-state index in [0.717, 1.165) is 28.0 Å². The van der Waals surface area contributed by atoms with E-state index in [-0.39, 0.29) is 31.2 Å². The van der Waals surface area contributed by atoms with Crippen molar-refractivity contribution in [2.24, 2.45) is 0 Å². The highest BCUT2D eigenvalue weighted by atomic mass is 32.2. The van der Waals surface area contributed by atoms with Crippen LogP contribution in [0.3, 0.4) is 0 Å². The van der Waals surface area contributed by atoms with Crippen LogP contribution in [0.5, 0.6) is 0 Å². The molecule has 1 saturated heterocycles. The number of halogens is 1. The molecule has 1 fully saturated rings. The number of hydrogen-bond donors (Lipinski definition) is 1. The Labute approximate surface area is 188 Å². The van der Waals surface area contributed by atoms with Crippen molar-refractivity contribution in [1.82, 2.24) is 14.5 Å². The average Bonchev–Trinajstić information content (AvgIpc) is 3.21. The Balaban J connectivity index is 1.80. The van der Waals surface area contributed by atoms with E-state index in [9.17, 15) is 17.6 Å². The smallest absolute Gasteiger partial charge is 0.251 e. The van der Waals surface area contributed by atoms with Crippen LogP contribution in [-0.4, -0.2) is 69.5 Å². The lowest BCUT2D eigenvalue weighted by molar-refractivity contribution is 0.0117. The first-order valence-electron chi connectivity index (χ1n) is 10.7. The first kappa shape index (κ1) is 24.4. The fourth-order valence-electron chi connectivity index (χ4n) is 3.77. The summed E-state index contributed by atoms with van der Waals surface area (Å²) in [4.78, 5) is 14.5. The minimum absolute atomic E-state index is 0.0773. The van der Waals surface area contributed by atoms with E-state index in [4.69, 9.17) is 9.15 Å². The van der Waals surface area contributed by atoms with Gasteiger partial charge in [-0.2, -0.15) is 4.31 Å². The highest BCUT2D eigenvalue weighted by molar-refractivity contribution is 7.89. The molecule has 0 aliphatic carbocycles. The third-order valence-corrected chi connectivity index (χ3v) is 7.61. The quantitative estimate of drug-likeness (QED) is 0.610. The molecule has 1 aromatic carbocycles. The van der Waals surface area contributed by atoms with Crippen molar-refractivity contribution in [3.05, 3.63) is 53.2 Å². The Morgan fingerprint density at radius 1 is 1.19 bits per heavy atom. The summed E-state index contributed by atoms with van der Waals surface area (Å²) in [5, 5.41) is 2.85. The zero-order valence-electron chi connectivity index (χ0n) is 18.6. The van der Waals surface area contributed by atoms with Gasteiger partial charge in [-0.25, -0.2) is 12.8 Å². The summed E-state index contributed by atoms with van der Waals surface area (Å²) in [5.41, 5.74) is 0.0773. The van der Waals surface area contributed by atoms with Crippen LogP contribution in [0.25, 0.3) is 0 Å². The van der Waals surface area contributed by atoms with Crippen molar-refractivity contribution < 1.29 is 26.8 Å². The number of furan rings is 1. The predicted molar refractivity (Wildman–Crippen MR) is 117 cm³/mol. The Bertz CT molecular complexity index is 1030. The molecular weight excluding hydrogens is 437 g/mol. The number of rotatable bonds is 9. The van der Waals surface area contributed by atoms with E-state index in [0.29, 0.717) is 26.3 Å². The zero-order valence-corrected chi connectivity index (χ0v) is 19.5. The van der Waals surface area contributed by atoms with Gasteiger partial charge in [0.05, 0.1) is 19.3 Å². The van der Waals surface area contributed by atoms with Gasteiger partial charge in [-0.15, -0.1) is 0 Å². The van der Waals surface area contributed by atoms with Crippen LogP contribution in [0.1, 0.15) is 41.8 Å². The molecule has 2 heterocycles.